The van der Waals surface area contributed by atoms with E-state index in [1.54, 1.807) is 6.07 Å². The first-order chi connectivity index (χ1) is 15.6. The molecule has 3 aliphatic rings. The van der Waals surface area contributed by atoms with Crippen molar-refractivity contribution in [3.63, 3.8) is 0 Å². The third-order valence-electron chi connectivity index (χ3n) is 9.20. The number of fused-ring (bicyclic) bond motifs is 2. The predicted octanol–water partition coefficient (Wildman–Crippen LogP) is 8.99. The highest BCUT2D eigenvalue weighted by atomic mass is 19.1. The third kappa shape index (κ3) is 5.48. The summed E-state index contributed by atoms with van der Waals surface area (Å²) in [5.74, 6) is 3.68. The molecule has 2 saturated carbocycles. The summed E-state index contributed by atoms with van der Waals surface area (Å²) in [4.78, 5) is 0. The Morgan fingerprint density at radius 1 is 0.938 bits per heavy atom. The molecule has 0 bridgehead atoms. The highest BCUT2D eigenvalue weighted by molar-refractivity contribution is 5.37. The van der Waals surface area contributed by atoms with Gasteiger partial charge in [-0.05, 0) is 118 Å². The van der Waals surface area contributed by atoms with Crippen LogP contribution >= 0.6 is 0 Å². The highest BCUT2D eigenvalue weighted by Gasteiger charge is 2.39. The summed E-state index contributed by atoms with van der Waals surface area (Å²) in [6.45, 7) is 4.25. The molecule has 178 valence electrons. The topological polar surface area (TPSA) is 0 Å². The summed E-state index contributed by atoms with van der Waals surface area (Å²) in [6.07, 6.45) is 21.9. The fourth-order valence-electron chi connectivity index (χ4n) is 7.34. The molecule has 3 aliphatic carbocycles. The summed E-state index contributed by atoms with van der Waals surface area (Å²) in [6, 6.07) is 1.68. The van der Waals surface area contributed by atoms with Gasteiger partial charge in [-0.1, -0.05) is 51.2 Å². The van der Waals surface area contributed by atoms with Gasteiger partial charge in [0.15, 0.2) is 0 Å². The number of benzene rings is 1. The molecule has 0 N–H and O–H groups in total. The summed E-state index contributed by atoms with van der Waals surface area (Å²) in [5, 5.41) is 0. The third-order valence-corrected chi connectivity index (χ3v) is 9.20. The molecular weight excluding hydrogens is 398 g/mol. The SMILES string of the molecule is C/C=C/CCc1c(F)cc2c(c1F)CCC(C1CCC3CC(CCCCC)CCC3C1)C2. The van der Waals surface area contributed by atoms with Gasteiger partial charge in [-0.25, -0.2) is 8.78 Å². The number of halogens is 2. The van der Waals surface area contributed by atoms with Crippen molar-refractivity contribution in [1.29, 1.82) is 0 Å². The van der Waals surface area contributed by atoms with Crippen LogP contribution in [0.4, 0.5) is 8.78 Å². The lowest BCUT2D eigenvalue weighted by atomic mass is 9.60. The molecule has 2 heteroatoms. The van der Waals surface area contributed by atoms with Gasteiger partial charge in [0.1, 0.15) is 11.6 Å². The zero-order valence-electron chi connectivity index (χ0n) is 20.5. The van der Waals surface area contributed by atoms with Crippen LogP contribution < -0.4 is 0 Å². The Labute approximate surface area is 195 Å². The average molecular weight is 443 g/mol. The molecule has 0 radical (unpaired) electrons. The van der Waals surface area contributed by atoms with Crippen molar-refractivity contribution in [1.82, 2.24) is 0 Å². The maximum absolute atomic E-state index is 15.1. The second-order valence-corrected chi connectivity index (χ2v) is 11.2. The van der Waals surface area contributed by atoms with Crippen LogP contribution in [0, 0.1) is 41.2 Å². The molecule has 1 aromatic carbocycles. The Kier molecular flexibility index (Phi) is 8.46. The molecule has 0 nitrogen and oxygen atoms in total. The number of rotatable bonds is 8. The lowest BCUT2D eigenvalue weighted by molar-refractivity contribution is 0.0688. The predicted molar refractivity (Wildman–Crippen MR) is 131 cm³/mol. The zero-order chi connectivity index (χ0) is 22.5. The van der Waals surface area contributed by atoms with Gasteiger partial charge in [0.25, 0.3) is 0 Å². The minimum atomic E-state index is -0.323. The van der Waals surface area contributed by atoms with Crippen LogP contribution in [0.5, 0.6) is 0 Å². The molecule has 0 saturated heterocycles. The number of allylic oxidation sites excluding steroid dienone is 2. The molecule has 2 fully saturated rings. The maximum Gasteiger partial charge on any atom is 0.132 e. The van der Waals surface area contributed by atoms with Gasteiger partial charge in [0.05, 0.1) is 0 Å². The summed E-state index contributed by atoms with van der Waals surface area (Å²) >= 11 is 0. The zero-order valence-corrected chi connectivity index (χ0v) is 20.5. The van der Waals surface area contributed by atoms with Crippen LogP contribution in [-0.4, -0.2) is 0 Å². The van der Waals surface area contributed by atoms with Crippen molar-refractivity contribution in [2.24, 2.45) is 29.6 Å². The molecule has 0 aromatic heterocycles. The van der Waals surface area contributed by atoms with Crippen LogP contribution in [0.3, 0.4) is 0 Å². The molecule has 0 amide bonds. The fourth-order valence-corrected chi connectivity index (χ4v) is 7.34. The van der Waals surface area contributed by atoms with E-state index in [1.807, 2.05) is 19.1 Å². The van der Waals surface area contributed by atoms with Gasteiger partial charge < -0.3 is 0 Å². The van der Waals surface area contributed by atoms with E-state index in [1.165, 1.54) is 64.2 Å². The molecule has 0 spiro atoms. The molecule has 5 unspecified atom stereocenters. The van der Waals surface area contributed by atoms with Crippen molar-refractivity contribution in [3.8, 4) is 0 Å². The second kappa shape index (κ2) is 11.3. The van der Waals surface area contributed by atoms with Gasteiger partial charge >= 0.3 is 0 Å². The largest absolute Gasteiger partial charge is 0.207 e. The van der Waals surface area contributed by atoms with E-state index >= 15 is 4.39 Å². The Morgan fingerprint density at radius 2 is 1.69 bits per heavy atom. The Bertz CT molecular complexity index is 780. The van der Waals surface area contributed by atoms with E-state index in [9.17, 15) is 4.39 Å². The van der Waals surface area contributed by atoms with Crippen molar-refractivity contribution < 1.29 is 8.78 Å². The van der Waals surface area contributed by atoms with Crippen molar-refractivity contribution >= 4 is 0 Å². The first-order valence-corrected chi connectivity index (χ1v) is 13.7. The Morgan fingerprint density at radius 3 is 2.47 bits per heavy atom. The molecule has 0 heterocycles. The van der Waals surface area contributed by atoms with Crippen LogP contribution in [0.2, 0.25) is 0 Å². The van der Waals surface area contributed by atoms with E-state index in [4.69, 9.17) is 0 Å². The monoisotopic (exact) mass is 442 g/mol. The van der Waals surface area contributed by atoms with Crippen molar-refractivity contribution in [2.45, 2.75) is 110 Å². The van der Waals surface area contributed by atoms with E-state index in [2.05, 4.69) is 6.92 Å². The molecule has 1 aromatic rings. The lowest BCUT2D eigenvalue weighted by Gasteiger charge is -2.45. The van der Waals surface area contributed by atoms with Crippen LogP contribution in [0.1, 0.15) is 108 Å². The van der Waals surface area contributed by atoms with Gasteiger partial charge in [-0.3, -0.25) is 0 Å². The minimum Gasteiger partial charge on any atom is -0.207 e. The Hall–Kier alpha value is -1.18. The van der Waals surface area contributed by atoms with Crippen LogP contribution in [-0.2, 0) is 19.3 Å². The van der Waals surface area contributed by atoms with Gasteiger partial charge in [0.2, 0.25) is 0 Å². The number of hydrogen-bond donors (Lipinski definition) is 0. The maximum atomic E-state index is 15.1. The minimum absolute atomic E-state index is 0.243. The molecule has 5 atom stereocenters. The standard InChI is InChI=1S/C30H44F2/c1-3-5-7-9-21-11-12-23-18-24(14-13-22(23)17-21)25-15-16-27-26(19-25)20-29(31)28(30(27)32)10-8-6-4-2/h4,6,20-25H,3,5,7-19H2,1-2H3/b6-4+. The van der Waals surface area contributed by atoms with Crippen molar-refractivity contribution in [2.75, 3.05) is 0 Å². The Balaban J connectivity index is 1.35. The summed E-state index contributed by atoms with van der Waals surface area (Å²) in [7, 11) is 0. The average Bonchev–Trinajstić information content (AvgIpc) is 2.80. The van der Waals surface area contributed by atoms with E-state index < -0.39 is 0 Å². The van der Waals surface area contributed by atoms with Gasteiger partial charge in [-0.2, -0.15) is 0 Å². The fraction of sp³-hybridized carbons (Fsp3) is 0.733. The van der Waals surface area contributed by atoms with E-state index in [0.717, 1.165) is 54.1 Å². The first-order valence-electron chi connectivity index (χ1n) is 13.7. The van der Waals surface area contributed by atoms with E-state index in [-0.39, 0.29) is 11.6 Å². The second-order valence-electron chi connectivity index (χ2n) is 11.2. The van der Waals surface area contributed by atoms with E-state index in [0.29, 0.717) is 24.3 Å². The molecule has 0 aliphatic heterocycles. The molecule has 4 rings (SSSR count). The first kappa shape index (κ1) is 24.0. The summed E-state index contributed by atoms with van der Waals surface area (Å²) < 4.78 is 29.9. The van der Waals surface area contributed by atoms with Gasteiger partial charge in [-0.15, -0.1) is 0 Å². The summed E-state index contributed by atoms with van der Waals surface area (Å²) in [5.41, 5.74) is 2.09. The van der Waals surface area contributed by atoms with Crippen LogP contribution in [0.15, 0.2) is 18.2 Å². The smallest absolute Gasteiger partial charge is 0.132 e. The number of unbranched alkanes of at least 4 members (excludes halogenated alkanes) is 2. The molecule has 32 heavy (non-hydrogen) atoms. The normalized spacial score (nSPS) is 30.3. The van der Waals surface area contributed by atoms with Crippen LogP contribution in [0.25, 0.3) is 0 Å². The molecular formula is C30H44F2. The highest BCUT2D eigenvalue weighted by Crippen LogP contribution is 2.49. The quantitative estimate of drug-likeness (QED) is 0.278. The van der Waals surface area contributed by atoms with Gasteiger partial charge in [0, 0.05) is 5.56 Å². The van der Waals surface area contributed by atoms with Crippen molar-refractivity contribution in [3.05, 3.63) is 46.5 Å². The lowest BCUT2D eigenvalue weighted by Crippen LogP contribution is -2.35. The number of hydrogen-bond acceptors (Lipinski definition) is 0.